The van der Waals surface area contributed by atoms with Crippen molar-refractivity contribution in [2.45, 2.75) is 12.8 Å². The average molecular weight is 412 g/mol. The smallest absolute Gasteiger partial charge is 0.253 e. The van der Waals surface area contributed by atoms with Gasteiger partial charge in [0.15, 0.2) is 0 Å². The summed E-state index contributed by atoms with van der Waals surface area (Å²) in [5.74, 6) is -3.03. The maximum atomic E-state index is 14.0. The Labute approximate surface area is 172 Å². The molecule has 0 saturated carbocycles. The first-order chi connectivity index (χ1) is 14.4. The molecule has 0 bridgehead atoms. The van der Waals surface area contributed by atoms with Gasteiger partial charge in [-0.15, -0.1) is 0 Å². The summed E-state index contributed by atoms with van der Waals surface area (Å²) in [5.41, 5.74) is 5.67. The maximum Gasteiger partial charge on any atom is 0.253 e. The molecule has 1 saturated heterocycles. The zero-order valence-electron chi connectivity index (χ0n) is 16.1. The van der Waals surface area contributed by atoms with Crippen LogP contribution in [0.5, 0.6) is 0 Å². The van der Waals surface area contributed by atoms with Gasteiger partial charge in [0.25, 0.3) is 5.91 Å². The molecule has 1 unspecified atom stereocenters. The summed E-state index contributed by atoms with van der Waals surface area (Å²) >= 11 is 0. The molecule has 8 nitrogen and oxygen atoms in total. The van der Waals surface area contributed by atoms with Gasteiger partial charge in [0.05, 0.1) is 22.9 Å². The van der Waals surface area contributed by atoms with E-state index in [1.165, 1.54) is 29.2 Å². The number of rotatable bonds is 7. The minimum atomic E-state index is -0.692. The number of carbonyl (C=O) groups is 4. The maximum absolute atomic E-state index is 14.0. The molecule has 1 aliphatic heterocycles. The number of nitrogens with one attached hydrogen (secondary N) is 2. The Morgan fingerprint density at radius 2 is 1.80 bits per heavy atom. The van der Waals surface area contributed by atoms with Gasteiger partial charge in [-0.3, -0.25) is 19.2 Å². The van der Waals surface area contributed by atoms with Crippen LogP contribution in [0.25, 0.3) is 0 Å². The highest BCUT2D eigenvalue weighted by Crippen LogP contribution is 2.28. The Bertz CT molecular complexity index is 994. The second kappa shape index (κ2) is 9.17. The van der Waals surface area contributed by atoms with E-state index in [1.807, 2.05) is 0 Å². The van der Waals surface area contributed by atoms with Gasteiger partial charge in [0.2, 0.25) is 17.7 Å². The summed E-state index contributed by atoms with van der Waals surface area (Å²) in [6.07, 6.45) is -0.0660. The fourth-order valence-corrected chi connectivity index (χ4v) is 3.21. The van der Waals surface area contributed by atoms with Gasteiger partial charge in [-0.1, -0.05) is 24.3 Å². The minimum absolute atomic E-state index is 0.00364. The highest BCUT2D eigenvalue weighted by Gasteiger charge is 2.36. The van der Waals surface area contributed by atoms with Crippen LogP contribution in [0.1, 0.15) is 23.2 Å². The molecule has 2 aromatic rings. The van der Waals surface area contributed by atoms with Gasteiger partial charge in [-0.05, 0) is 24.3 Å². The van der Waals surface area contributed by atoms with E-state index in [-0.39, 0.29) is 48.8 Å². The molecule has 1 heterocycles. The molecule has 0 spiro atoms. The third-order valence-corrected chi connectivity index (χ3v) is 4.73. The van der Waals surface area contributed by atoms with Crippen LogP contribution in [0.3, 0.4) is 0 Å². The molecule has 2 aromatic carbocycles. The lowest BCUT2D eigenvalue weighted by Crippen LogP contribution is -2.31. The Hall–Kier alpha value is -3.75. The summed E-state index contributed by atoms with van der Waals surface area (Å²) in [6.45, 7) is 0.115. The molecule has 0 aromatic heterocycles. The van der Waals surface area contributed by atoms with Crippen LogP contribution >= 0.6 is 0 Å². The van der Waals surface area contributed by atoms with Gasteiger partial charge in [-0.2, -0.15) is 0 Å². The monoisotopic (exact) mass is 412 g/mol. The van der Waals surface area contributed by atoms with Crippen molar-refractivity contribution < 1.29 is 23.6 Å². The standard InChI is InChI=1S/C21H21FN4O4/c22-15-6-2-4-8-17(15)26-12-13(11-19(26)28)20(29)25-16-7-3-1-5-14(16)21(30)24-10-9-18(23)27/h1-8,13H,9-12H2,(H2,23,27)(H,24,30)(H,25,29). The number of hydrogen-bond acceptors (Lipinski definition) is 4. The molecule has 3 rings (SSSR count). The SMILES string of the molecule is NC(=O)CCNC(=O)c1ccccc1NC(=O)C1CC(=O)N(c2ccccc2F)C1. The number of carbonyl (C=O) groups excluding carboxylic acids is 4. The lowest BCUT2D eigenvalue weighted by molar-refractivity contribution is -0.122. The van der Waals surface area contributed by atoms with E-state index in [4.69, 9.17) is 5.73 Å². The number of halogens is 1. The van der Waals surface area contributed by atoms with Crippen LogP contribution in [0.4, 0.5) is 15.8 Å². The van der Waals surface area contributed by atoms with E-state index in [0.717, 1.165) is 0 Å². The van der Waals surface area contributed by atoms with E-state index >= 15 is 0 Å². The third kappa shape index (κ3) is 4.80. The molecular formula is C21H21FN4O4. The summed E-state index contributed by atoms with van der Waals surface area (Å²) in [5, 5.41) is 5.24. The van der Waals surface area contributed by atoms with Crippen LogP contribution < -0.4 is 21.3 Å². The first kappa shape index (κ1) is 21.0. The van der Waals surface area contributed by atoms with E-state index in [9.17, 15) is 23.6 Å². The molecule has 1 atom stereocenters. The van der Waals surface area contributed by atoms with Gasteiger partial charge in [0.1, 0.15) is 5.82 Å². The Morgan fingerprint density at radius 3 is 2.53 bits per heavy atom. The molecule has 4 N–H and O–H groups in total. The number of anilines is 2. The number of hydrogen-bond donors (Lipinski definition) is 3. The number of nitrogens with two attached hydrogens (primary N) is 1. The molecule has 0 aliphatic carbocycles. The molecule has 4 amide bonds. The predicted octanol–water partition coefficient (Wildman–Crippen LogP) is 1.42. The lowest BCUT2D eigenvalue weighted by Gasteiger charge is -2.17. The van der Waals surface area contributed by atoms with Crippen molar-refractivity contribution in [1.29, 1.82) is 0 Å². The number of benzene rings is 2. The van der Waals surface area contributed by atoms with Crippen molar-refractivity contribution in [3.8, 4) is 0 Å². The molecule has 1 fully saturated rings. The summed E-state index contributed by atoms with van der Waals surface area (Å²) in [6, 6.07) is 12.3. The Morgan fingerprint density at radius 1 is 1.10 bits per heavy atom. The molecule has 9 heteroatoms. The van der Waals surface area contributed by atoms with Crippen LogP contribution in [-0.2, 0) is 14.4 Å². The second-order valence-electron chi connectivity index (χ2n) is 6.86. The van der Waals surface area contributed by atoms with Crippen LogP contribution in [0.15, 0.2) is 48.5 Å². The van der Waals surface area contributed by atoms with Gasteiger partial charge < -0.3 is 21.3 Å². The van der Waals surface area contributed by atoms with Crippen LogP contribution in [0, 0.1) is 11.7 Å². The number of amides is 4. The lowest BCUT2D eigenvalue weighted by atomic mass is 10.1. The fraction of sp³-hybridized carbons (Fsp3) is 0.238. The first-order valence-electron chi connectivity index (χ1n) is 9.38. The minimum Gasteiger partial charge on any atom is -0.370 e. The fourth-order valence-electron chi connectivity index (χ4n) is 3.21. The number of para-hydroxylation sites is 2. The number of nitrogens with zero attached hydrogens (tertiary/aromatic N) is 1. The van der Waals surface area contributed by atoms with Crippen molar-refractivity contribution in [3.63, 3.8) is 0 Å². The molecular weight excluding hydrogens is 391 g/mol. The van der Waals surface area contributed by atoms with Gasteiger partial charge in [-0.25, -0.2) is 4.39 Å². The third-order valence-electron chi connectivity index (χ3n) is 4.73. The first-order valence-corrected chi connectivity index (χ1v) is 9.38. The van der Waals surface area contributed by atoms with E-state index < -0.39 is 29.5 Å². The van der Waals surface area contributed by atoms with Crippen molar-refractivity contribution in [3.05, 3.63) is 59.9 Å². The quantitative estimate of drug-likeness (QED) is 0.637. The normalized spacial score (nSPS) is 15.7. The Kier molecular flexibility index (Phi) is 6.41. The largest absolute Gasteiger partial charge is 0.370 e. The molecule has 0 radical (unpaired) electrons. The van der Waals surface area contributed by atoms with Crippen LogP contribution in [0.2, 0.25) is 0 Å². The zero-order valence-corrected chi connectivity index (χ0v) is 16.1. The average Bonchev–Trinajstić information content (AvgIpc) is 3.10. The summed E-state index contributed by atoms with van der Waals surface area (Å²) < 4.78 is 14.0. The second-order valence-corrected chi connectivity index (χ2v) is 6.86. The van der Waals surface area contributed by atoms with E-state index in [2.05, 4.69) is 10.6 Å². The van der Waals surface area contributed by atoms with Crippen molar-refractivity contribution in [2.75, 3.05) is 23.3 Å². The van der Waals surface area contributed by atoms with E-state index in [1.54, 1.807) is 24.3 Å². The van der Waals surface area contributed by atoms with Crippen molar-refractivity contribution in [2.24, 2.45) is 11.7 Å². The highest BCUT2D eigenvalue weighted by molar-refractivity contribution is 6.07. The molecule has 156 valence electrons. The highest BCUT2D eigenvalue weighted by atomic mass is 19.1. The molecule has 30 heavy (non-hydrogen) atoms. The van der Waals surface area contributed by atoms with Crippen LogP contribution in [-0.4, -0.2) is 36.7 Å². The number of primary amides is 1. The molecule has 1 aliphatic rings. The topological polar surface area (TPSA) is 122 Å². The van der Waals surface area contributed by atoms with E-state index in [0.29, 0.717) is 0 Å². The van der Waals surface area contributed by atoms with Crippen molar-refractivity contribution >= 4 is 35.0 Å². The van der Waals surface area contributed by atoms with Gasteiger partial charge in [0, 0.05) is 25.9 Å². The summed E-state index contributed by atoms with van der Waals surface area (Å²) in [7, 11) is 0. The zero-order chi connectivity index (χ0) is 21.7. The predicted molar refractivity (Wildman–Crippen MR) is 108 cm³/mol. The summed E-state index contributed by atoms with van der Waals surface area (Å²) in [4.78, 5) is 49.5. The van der Waals surface area contributed by atoms with Gasteiger partial charge >= 0.3 is 0 Å². The Balaban J connectivity index is 1.68. The van der Waals surface area contributed by atoms with Crippen molar-refractivity contribution in [1.82, 2.24) is 5.32 Å².